The second kappa shape index (κ2) is 9.25. The summed E-state index contributed by atoms with van der Waals surface area (Å²) in [6, 6.07) is 16.4. The molecule has 3 rings (SSSR count). The van der Waals surface area contributed by atoms with Crippen molar-refractivity contribution in [3.63, 3.8) is 0 Å². The van der Waals surface area contributed by atoms with E-state index in [0.717, 1.165) is 0 Å². The lowest BCUT2D eigenvalue weighted by Crippen LogP contribution is -2.16. The summed E-state index contributed by atoms with van der Waals surface area (Å²) in [7, 11) is -1.30. The van der Waals surface area contributed by atoms with Gasteiger partial charge in [0.2, 0.25) is 0 Å². The number of hydrogen-bond acceptors (Lipinski definition) is 6. The van der Waals surface area contributed by atoms with Crippen LogP contribution in [-0.2, 0) is 10.0 Å². The molecule has 162 valence electrons. The summed E-state index contributed by atoms with van der Waals surface area (Å²) in [5.41, 5.74) is 1.21. The molecule has 0 aliphatic heterocycles. The number of amides is 1. The van der Waals surface area contributed by atoms with Crippen molar-refractivity contribution in [1.82, 2.24) is 0 Å². The first-order valence-electron chi connectivity index (χ1n) is 8.98. The van der Waals surface area contributed by atoms with Crippen LogP contribution in [0.2, 0.25) is 5.02 Å². The van der Waals surface area contributed by atoms with Crippen LogP contribution in [-0.4, -0.2) is 28.5 Å². The van der Waals surface area contributed by atoms with Gasteiger partial charge in [0.25, 0.3) is 15.9 Å². The van der Waals surface area contributed by atoms with Gasteiger partial charge in [0.05, 0.1) is 17.7 Å². The number of anilines is 3. The molecule has 2 N–H and O–H groups in total. The molecule has 31 heavy (non-hydrogen) atoms. The van der Waals surface area contributed by atoms with E-state index in [4.69, 9.17) is 16.3 Å². The van der Waals surface area contributed by atoms with Crippen LogP contribution in [0.5, 0.6) is 5.75 Å². The Hall–Kier alpha value is -3.27. The molecule has 0 spiro atoms. The highest BCUT2D eigenvalue weighted by Crippen LogP contribution is 2.31. The van der Waals surface area contributed by atoms with Gasteiger partial charge in [-0.05, 0) is 73.8 Å². The van der Waals surface area contributed by atoms with Gasteiger partial charge in [-0.15, -0.1) is 0 Å². The van der Waals surface area contributed by atoms with Crippen LogP contribution in [0.1, 0.15) is 10.4 Å². The van der Waals surface area contributed by atoms with Gasteiger partial charge in [0, 0.05) is 22.0 Å². The van der Waals surface area contributed by atoms with Gasteiger partial charge >= 0.3 is 0 Å². The quantitative estimate of drug-likeness (QED) is 0.507. The number of ether oxygens (including phenoxy) is 1. The number of hydrogen-bond donors (Lipinski definition) is 2. The van der Waals surface area contributed by atoms with E-state index >= 15 is 0 Å². The fourth-order valence-corrected chi connectivity index (χ4v) is 3.88. The van der Waals surface area contributed by atoms with Crippen molar-refractivity contribution >= 4 is 44.6 Å². The molecule has 0 saturated carbocycles. The van der Waals surface area contributed by atoms with E-state index in [9.17, 15) is 18.4 Å². The molecule has 1 amide bonds. The zero-order chi connectivity index (χ0) is 22.6. The number of carbonyl (C=O) groups is 1. The van der Waals surface area contributed by atoms with Gasteiger partial charge in [-0.2, -0.15) is 0 Å². The number of nitrogens with zero attached hydrogens (tertiary/aromatic N) is 1. The minimum Gasteiger partial charge on any atom is -0.758 e. The van der Waals surface area contributed by atoms with E-state index in [1.165, 1.54) is 56.6 Å². The van der Waals surface area contributed by atoms with Gasteiger partial charge in [-0.3, -0.25) is 9.52 Å². The molecule has 0 fully saturated rings. The molecule has 0 aliphatic carbocycles. The Morgan fingerprint density at radius 3 is 2.26 bits per heavy atom. The van der Waals surface area contributed by atoms with E-state index in [2.05, 4.69) is 10.0 Å². The number of rotatable bonds is 7. The molecule has 3 aromatic rings. The van der Waals surface area contributed by atoms with Crippen LogP contribution in [0.25, 0.3) is 0 Å². The summed E-state index contributed by atoms with van der Waals surface area (Å²) in [4.78, 5) is 12.3. The summed E-state index contributed by atoms with van der Waals surface area (Å²) < 4.78 is 33.1. The molecule has 0 unspecified atom stereocenters. The molecule has 3 aromatic carbocycles. The fraction of sp³-hybridized carbons (Fsp3) is 0.0952. The molecule has 0 atom stereocenters. The summed E-state index contributed by atoms with van der Waals surface area (Å²) in [5.74, 6) is -0.139. The predicted molar refractivity (Wildman–Crippen MR) is 121 cm³/mol. The highest BCUT2D eigenvalue weighted by Gasteiger charge is 2.18. The first kappa shape index (κ1) is 22.4. The average molecular weight is 461 g/mol. The lowest BCUT2D eigenvalue weighted by Gasteiger charge is -2.25. The van der Waals surface area contributed by atoms with Crippen molar-refractivity contribution in [1.29, 1.82) is 0 Å². The SMILES string of the molecule is COc1ccc(N(C)[O-])cc1NS(=O)(=O)c1ccc(C(=O)Nc2ccc(Cl)cc2)cc1. The Morgan fingerprint density at radius 1 is 1.03 bits per heavy atom. The largest absolute Gasteiger partial charge is 0.758 e. The zero-order valence-electron chi connectivity index (χ0n) is 16.6. The van der Waals surface area contributed by atoms with Crippen molar-refractivity contribution < 1.29 is 17.9 Å². The Kier molecular flexibility index (Phi) is 6.69. The summed E-state index contributed by atoms with van der Waals surface area (Å²) in [5, 5.41) is 15.4. The molecule has 10 heteroatoms. The maximum atomic E-state index is 12.8. The van der Waals surface area contributed by atoms with Crippen molar-refractivity contribution in [2.45, 2.75) is 4.90 Å². The number of nitrogens with one attached hydrogen (secondary N) is 2. The molecular weight excluding hydrogens is 442 g/mol. The number of benzene rings is 3. The Balaban J connectivity index is 1.79. The number of halogens is 1. The molecule has 0 aliphatic rings. The average Bonchev–Trinajstić information content (AvgIpc) is 2.75. The van der Waals surface area contributed by atoms with Crippen molar-refractivity contribution in [3.05, 3.63) is 82.5 Å². The third-order valence-corrected chi connectivity index (χ3v) is 5.95. The minimum atomic E-state index is -3.99. The first-order chi connectivity index (χ1) is 14.7. The van der Waals surface area contributed by atoms with Crippen molar-refractivity contribution in [2.75, 3.05) is 29.3 Å². The molecule has 0 aromatic heterocycles. The standard InChI is InChI=1S/C21H19ClN3O5S/c1-25(27)17-9-12-20(30-2)19(13-17)24-31(28,29)18-10-3-14(4-11-18)21(26)23-16-7-5-15(22)6-8-16/h3-13,24H,1-2H3,(H,23,26)/q-1. The Morgan fingerprint density at radius 2 is 1.68 bits per heavy atom. The van der Waals surface area contributed by atoms with E-state index < -0.39 is 15.9 Å². The summed E-state index contributed by atoms with van der Waals surface area (Å²) in [6.45, 7) is 0. The van der Waals surface area contributed by atoms with Gasteiger partial charge in [-0.25, -0.2) is 8.42 Å². The highest BCUT2D eigenvalue weighted by atomic mass is 35.5. The molecule has 0 bridgehead atoms. The number of sulfonamides is 1. The normalized spacial score (nSPS) is 11.0. The van der Waals surface area contributed by atoms with E-state index in [0.29, 0.717) is 15.8 Å². The highest BCUT2D eigenvalue weighted by molar-refractivity contribution is 7.92. The topological polar surface area (TPSA) is 111 Å². The molecule has 0 radical (unpaired) electrons. The summed E-state index contributed by atoms with van der Waals surface area (Å²) in [6.07, 6.45) is 0. The predicted octanol–water partition coefficient (Wildman–Crippen LogP) is 4.34. The number of carbonyl (C=O) groups excluding carboxylic acids is 1. The molecule has 0 saturated heterocycles. The van der Waals surface area contributed by atoms with Gasteiger partial charge in [-0.1, -0.05) is 11.6 Å². The molecule has 0 heterocycles. The lowest BCUT2D eigenvalue weighted by atomic mass is 10.2. The monoisotopic (exact) mass is 460 g/mol. The second-order valence-corrected chi connectivity index (χ2v) is 8.59. The van der Waals surface area contributed by atoms with Crippen molar-refractivity contribution in [2.24, 2.45) is 0 Å². The second-order valence-electron chi connectivity index (χ2n) is 6.47. The molecular formula is C21H19ClN3O5S-. The van der Waals surface area contributed by atoms with Crippen LogP contribution in [0.15, 0.2) is 71.6 Å². The zero-order valence-corrected chi connectivity index (χ0v) is 18.2. The summed E-state index contributed by atoms with van der Waals surface area (Å²) >= 11 is 5.83. The van der Waals surface area contributed by atoms with Crippen LogP contribution < -0.4 is 19.8 Å². The van der Waals surface area contributed by atoms with Crippen LogP contribution >= 0.6 is 11.6 Å². The smallest absolute Gasteiger partial charge is 0.262 e. The maximum Gasteiger partial charge on any atom is 0.262 e. The van der Waals surface area contributed by atoms with E-state index in [1.54, 1.807) is 24.3 Å². The first-order valence-corrected chi connectivity index (χ1v) is 10.8. The fourth-order valence-electron chi connectivity index (χ4n) is 2.70. The van der Waals surface area contributed by atoms with Gasteiger partial charge in [0.1, 0.15) is 5.75 Å². The number of hydroxylamine groups is 1. The van der Waals surface area contributed by atoms with Crippen LogP contribution in [0.3, 0.4) is 0 Å². The van der Waals surface area contributed by atoms with E-state index in [1.807, 2.05) is 0 Å². The third-order valence-electron chi connectivity index (χ3n) is 4.32. The van der Waals surface area contributed by atoms with Gasteiger partial charge in [0.15, 0.2) is 0 Å². The molecule has 8 nitrogen and oxygen atoms in total. The van der Waals surface area contributed by atoms with Crippen molar-refractivity contribution in [3.8, 4) is 5.75 Å². The minimum absolute atomic E-state index is 0.0570. The number of methoxy groups -OCH3 is 1. The Labute approximate surface area is 185 Å². The Bertz CT molecular complexity index is 1180. The van der Waals surface area contributed by atoms with E-state index in [-0.39, 0.29) is 27.6 Å². The maximum absolute atomic E-state index is 12.8. The third kappa shape index (κ3) is 5.46. The van der Waals surface area contributed by atoms with Crippen LogP contribution in [0, 0.1) is 5.21 Å². The lowest BCUT2D eigenvalue weighted by molar-refractivity contribution is 0.102. The van der Waals surface area contributed by atoms with Crippen LogP contribution in [0.4, 0.5) is 17.1 Å². The van der Waals surface area contributed by atoms with Gasteiger partial charge < -0.3 is 20.3 Å².